The molecule has 0 aliphatic carbocycles. The van der Waals surface area contributed by atoms with E-state index in [0.717, 1.165) is 5.56 Å². The van der Waals surface area contributed by atoms with Crippen molar-refractivity contribution in [2.75, 3.05) is 18.8 Å². The first kappa shape index (κ1) is 8.44. The second-order valence-corrected chi connectivity index (χ2v) is 3.48. The molecular formula is C9H12FN3. The summed E-state index contributed by atoms with van der Waals surface area (Å²) in [6, 6.07) is 3.60. The summed E-state index contributed by atoms with van der Waals surface area (Å²) in [5, 5.41) is 2.91. The topological polar surface area (TPSA) is 50.9 Å². The fraction of sp³-hybridized carbons (Fsp3) is 0.444. The number of hydrogen-bond acceptors (Lipinski definition) is 3. The number of halogens is 1. The van der Waals surface area contributed by atoms with Crippen LogP contribution in [0.2, 0.25) is 0 Å². The number of nitrogens with two attached hydrogens (primary N) is 1. The monoisotopic (exact) mass is 181 g/mol. The molecule has 0 aromatic carbocycles. The number of nitrogens with one attached hydrogen (secondary N) is 1. The van der Waals surface area contributed by atoms with Gasteiger partial charge in [-0.1, -0.05) is 6.07 Å². The van der Waals surface area contributed by atoms with Crippen LogP contribution in [0, 0.1) is 0 Å². The van der Waals surface area contributed by atoms with Crippen LogP contribution in [0.25, 0.3) is 0 Å². The van der Waals surface area contributed by atoms with E-state index in [2.05, 4.69) is 10.3 Å². The number of rotatable bonds is 2. The van der Waals surface area contributed by atoms with Crippen molar-refractivity contribution >= 4 is 5.82 Å². The first-order chi connectivity index (χ1) is 6.20. The average molecular weight is 181 g/mol. The fourth-order valence-electron chi connectivity index (χ4n) is 1.46. The minimum Gasteiger partial charge on any atom is -0.383 e. The Labute approximate surface area is 76.2 Å². The van der Waals surface area contributed by atoms with Crippen molar-refractivity contribution in [3.8, 4) is 0 Å². The van der Waals surface area contributed by atoms with Crippen molar-refractivity contribution in [1.29, 1.82) is 0 Å². The molecule has 1 saturated heterocycles. The molecule has 1 aliphatic rings. The van der Waals surface area contributed by atoms with Crippen LogP contribution in [0.4, 0.5) is 10.2 Å². The van der Waals surface area contributed by atoms with Crippen LogP contribution in [0.1, 0.15) is 5.56 Å². The Kier molecular flexibility index (Phi) is 1.92. The third-order valence-electron chi connectivity index (χ3n) is 2.32. The van der Waals surface area contributed by atoms with Crippen molar-refractivity contribution in [3.05, 3.63) is 23.9 Å². The van der Waals surface area contributed by atoms with E-state index in [4.69, 9.17) is 5.73 Å². The van der Waals surface area contributed by atoms with Crippen molar-refractivity contribution in [2.24, 2.45) is 0 Å². The largest absolute Gasteiger partial charge is 0.383 e. The molecule has 2 rings (SSSR count). The van der Waals surface area contributed by atoms with Gasteiger partial charge in [-0.2, -0.15) is 0 Å². The predicted octanol–water partition coefficient (Wildman–Crippen LogP) is 0.518. The Hall–Kier alpha value is -1.16. The summed E-state index contributed by atoms with van der Waals surface area (Å²) in [7, 11) is 0. The zero-order chi connectivity index (χ0) is 9.31. The van der Waals surface area contributed by atoms with Crippen LogP contribution >= 0.6 is 0 Å². The molecule has 1 fully saturated rings. The van der Waals surface area contributed by atoms with Crippen LogP contribution in [0.5, 0.6) is 0 Å². The summed E-state index contributed by atoms with van der Waals surface area (Å²) in [4.78, 5) is 3.91. The van der Waals surface area contributed by atoms with Crippen LogP contribution in [-0.4, -0.2) is 23.7 Å². The molecular weight excluding hydrogens is 169 g/mol. The zero-order valence-corrected chi connectivity index (χ0v) is 7.26. The highest BCUT2D eigenvalue weighted by Gasteiger charge is 2.37. The normalized spacial score (nSPS) is 19.5. The molecule has 0 unspecified atom stereocenters. The lowest BCUT2D eigenvalue weighted by molar-refractivity contribution is 0.0913. The van der Waals surface area contributed by atoms with Gasteiger partial charge in [0, 0.05) is 25.7 Å². The molecule has 1 aromatic heterocycles. The van der Waals surface area contributed by atoms with Gasteiger partial charge in [0.2, 0.25) is 0 Å². The van der Waals surface area contributed by atoms with E-state index in [9.17, 15) is 4.39 Å². The van der Waals surface area contributed by atoms with Gasteiger partial charge in [0.25, 0.3) is 0 Å². The molecule has 4 heteroatoms. The Morgan fingerprint density at radius 1 is 1.62 bits per heavy atom. The molecule has 0 amide bonds. The van der Waals surface area contributed by atoms with E-state index in [1.165, 1.54) is 0 Å². The summed E-state index contributed by atoms with van der Waals surface area (Å²) >= 11 is 0. The molecule has 13 heavy (non-hydrogen) atoms. The molecule has 0 bridgehead atoms. The van der Waals surface area contributed by atoms with Gasteiger partial charge in [-0.3, -0.25) is 0 Å². The van der Waals surface area contributed by atoms with E-state index in [1.807, 2.05) is 6.07 Å². The van der Waals surface area contributed by atoms with Gasteiger partial charge in [-0.15, -0.1) is 0 Å². The number of nitrogen functional groups attached to an aromatic ring is 1. The Balaban J connectivity index is 2.13. The maximum Gasteiger partial charge on any atom is 0.139 e. The summed E-state index contributed by atoms with van der Waals surface area (Å²) in [6.45, 7) is 0.836. The molecule has 0 saturated carbocycles. The standard InChI is InChI=1S/C9H12FN3/c10-9(5-12-6-9)4-7-2-1-3-13-8(7)11/h1-3,12H,4-6H2,(H2,11,13). The first-order valence-electron chi connectivity index (χ1n) is 4.29. The summed E-state index contributed by atoms with van der Waals surface area (Å²) < 4.78 is 13.6. The number of aromatic nitrogens is 1. The minimum absolute atomic E-state index is 0.361. The number of pyridine rings is 1. The zero-order valence-electron chi connectivity index (χ0n) is 7.26. The summed E-state index contributed by atoms with van der Waals surface area (Å²) in [5.74, 6) is 0.437. The van der Waals surface area contributed by atoms with Gasteiger partial charge in [0.15, 0.2) is 0 Å². The SMILES string of the molecule is Nc1ncccc1CC1(F)CNC1. The number of nitrogens with zero attached hydrogens (tertiary/aromatic N) is 1. The van der Waals surface area contributed by atoms with Gasteiger partial charge >= 0.3 is 0 Å². The van der Waals surface area contributed by atoms with Gasteiger partial charge in [-0.05, 0) is 11.6 Å². The fourth-order valence-corrected chi connectivity index (χ4v) is 1.46. The number of hydrogen-bond donors (Lipinski definition) is 2. The van der Waals surface area contributed by atoms with E-state index in [-0.39, 0.29) is 0 Å². The quantitative estimate of drug-likeness (QED) is 0.699. The van der Waals surface area contributed by atoms with Crippen molar-refractivity contribution < 1.29 is 4.39 Å². The highest BCUT2D eigenvalue weighted by molar-refractivity contribution is 5.39. The molecule has 3 nitrogen and oxygen atoms in total. The van der Waals surface area contributed by atoms with Gasteiger partial charge < -0.3 is 11.1 Å². The van der Waals surface area contributed by atoms with Gasteiger partial charge in [0.05, 0.1) is 0 Å². The Bertz CT molecular complexity index is 309. The summed E-state index contributed by atoms with van der Waals surface area (Å²) in [6.07, 6.45) is 1.97. The van der Waals surface area contributed by atoms with Crippen molar-refractivity contribution in [1.82, 2.24) is 10.3 Å². The molecule has 1 aliphatic heterocycles. The molecule has 2 heterocycles. The van der Waals surface area contributed by atoms with Crippen LogP contribution in [0.3, 0.4) is 0 Å². The molecule has 0 radical (unpaired) electrons. The van der Waals surface area contributed by atoms with E-state index in [0.29, 0.717) is 25.3 Å². The van der Waals surface area contributed by atoms with Gasteiger partial charge in [0.1, 0.15) is 11.5 Å². The second kappa shape index (κ2) is 2.96. The smallest absolute Gasteiger partial charge is 0.139 e. The molecule has 0 atom stereocenters. The Morgan fingerprint density at radius 2 is 2.38 bits per heavy atom. The predicted molar refractivity (Wildman–Crippen MR) is 49.1 cm³/mol. The molecule has 70 valence electrons. The molecule has 0 spiro atoms. The highest BCUT2D eigenvalue weighted by Crippen LogP contribution is 2.24. The number of alkyl halides is 1. The van der Waals surface area contributed by atoms with E-state index < -0.39 is 5.67 Å². The molecule has 1 aromatic rings. The first-order valence-corrected chi connectivity index (χ1v) is 4.29. The maximum absolute atomic E-state index is 13.6. The van der Waals surface area contributed by atoms with Crippen LogP contribution in [-0.2, 0) is 6.42 Å². The van der Waals surface area contributed by atoms with Crippen molar-refractivity contribution in [2.45, 2.75) is 12.1 Å². The second-order valence-electron chi connectivity index (χ2n) is 3.48. The highest BCUT2D eigenvalue weighted by atomic mass is 19.1. The number of anilines is 1. The average Bonchev–Trinajstić information content (AvgIpc) is 2.06. The Morgan fingerprint density at radius 3 is 2.92 bits per heavy atom. The third kappa shape index (κ3) is 1.62. The molecule has 3 N–H and O–H groups in total. The lowest BCUT2D eigenvalue weighted by Crippen LogP contribution is -2.57. The minimum atomic E-state index is -1.11. The van der Waals surface area contributed by atoms with Crippen LogP contribution < -0.4 is 11.1 Å². The maximum atomic E-state index is 13.6. The van der Waals surface area contributed by atoms with E-state index >= 15 is 0 Å². The van der Waals surface area contributed by atoms with E-state index in [1.54, 1.807) is 12.3 Å². The third-order valence-corrected chi connectivity index (χ3v) is 2.32. The summed E-state index contributed by atoms with van der Waals surface area (Å²) in [5.41, 5.74) is 5.29. The lowest BCUT2D eigenvalue weighted by Gasteiger charge is -2.35. The lowest BCUT2D eigenvalue weighted by atomic mass is 9.91. The van der Waals surface area contributed by atoms with Crippen molar-refractivity contribution in [3.63, 3.8) is 0 Å². The van der Waals surface area contributed by atoms with Gasteiger partial charge in [-0.25, -0.2) is 9.37 Å². The van der Waals surface area contributed by atoms with Crippen LogP contribution in [0.15, 0.2) is 18.3 Å².